The molecule has 0 radical (unpaired) electrons. The van der Waals surface area contributed by atoms with Crippen molar-refractivity contribution in [3.63, 3.8) is 0 Å². The van der Waals surface area contributed by atoms with Crippen LogP contribution in [0.4, 0.5) is 8.78 Å². The van der Waals surface area contributed by atoms with Gasteiger partial charge in [0, 0.05) is 0 Å². The average molecular weight is 512 g/mol. The molecule has 0 spiro atoms. The van der Waals surface area contributed by atoms with Crippen LogP contribution in [0.2, 0.25) is 0 Å². The fourth-order valence-electron chi connectivity index (χ4n) is 5.90. The molecule has 0 N–H and O–H groups in total. The van der Waals surface area contributed by atoms with E-state index in [9.17, 15) is 9.65 Å². The van der Waals surface area contributed by atoms with Gasteiger partial charge in [-0.15, -0.1) is 0 Å². The van der Waals surface area contributed by atoms with Crippen molar-refractivity contribution in [1.29, 1.82) is 5.26 Å². The molecule has 5 rings (SSSR count). The molecule has 0 atom stereocenters. The van der Waals surface area contributed by atoms with Gasteiger partial charge in [-0.2, -0.15) is 5.26 Å². The number of hydrogen-bond acceptors (Lipinski definition) is 2. The number of aryl methyl sites for hydroxylation is 2. The summed E-state index contributed by atoms with van der Waals surface area (Å²) in [5, 5.41) is 9.48. The van der Waals surface area contributed by atoms with E-state index in [0.29, 0.717) is 11.7 Å². The van der Waals surface area contributed by atoms with Crippen LogP contribution in [0.3, 0.4) is 0 Å². The van der Waals surface area contributed by atoms with E-state index in [-0.39, 0.29) is 17.4 Å². The largest absolute Gasteiger partial charge is 0.292 e. The third-order valence-corrected chi connectivity index (χ3v) is 8.20. The van der Waals surface area contributed by atoms with Crippen molar-refractivity contribution in [2.45, 2.75) is 85.0 Å². The maximum Gasteiger partial charge on any atom is 0.154 e. The molecule has 1 aliphatic rings. The Morgan fingerprint density at radius 3 is 2.11 bits per heavy atom. The summed E-state index contributed by atoms with van der Waals surface area (Å²) >= 11 is 0. The summed E-state index contributed by atoms with van der Waals surface area (Å²) in [7, 11) is 0. The van der Waals surface area contributed by atoms with Crippen molar-refractivity contribution in [3.8, 4) is 23.1 Å². The maximum absolute atomic E-state index is 15.7. The van der Waals surface area contributed by atoms with Gasteiger partial charge in [0.1, 0.15) is 23.3 Å². The zero-order chi connectivity index (χ0) is 27.3. The van der Waals surface area contributed by atoms with Crippen LogP contribution in [0.15, 0.2) is 36.4 Å². The number of nitrogens with zero attached hydrogens (tertiary/aromatic N) is 3. The lowest BCUT2D eigenvalue weighted by molar-refractivity contribution is 0.578. The van der Waals surface area contributed by atoms with Gasteiger partial charge in [-0.1, -0.05) is 52.7 Å². The van der Waals surface area contributed by atoms with Crippen LogP contribution in [0.1, 0.15) is 105 Å². The van der Waals surface area contributed by atoms with E-state index in [4.69, 9.17) is 4.98 Å². The second-order valence-corrected chi connectivity index (χ2v) is 11.4. The predicted molar refractivity (Wildman–Crippen MR) is 150 cm³/mol. The number of halogens is 2. The van der Waals surface area contributed by atoms with Gasteiger partial charge >= 0.3 is 0 Å². The topological polar surface area (TPSA) is 41.6 Å². The van der Waals surface area contributed by atoms with Crippen molar-refractivity contribution in [1.82, 2.24) is 9.55 Å². The minimum Gasteiger partial charge on any atom is -0.292 e. The Balaban J connectivity index is 1.92. The molecule has 5 heteroatoms. The molecule has 4 aromatic rings. The number of rotatable bonds is 5. The molecular formula is C33H35F2N3. The molecule has 0 aliphatic heterocycles. The Hall–Kier alpha value is -3.52. The summed E-state index contributed by atoms with van der Waals surface area (Å²) in [6.07, 6.45) is 4.95. The van der Waals surface area contributed by atoms with Gasteiger partial charge in [0.25, 0.3) is 0 Å². The minimum absolute atomic E-state index is 0.124. The lowest BCUT2D eigenvalue weighted by Gasteiger charge is -2.26. The smallest absolute Gasteiger partial charge is 0.154 e. The van der Waals surface area contributed by atoms with E-state index in [1.54, 1.807) is 6.07 Å². The Morgan fingerprint density at radius 2 is 1.53 bits per heavy atom. The fraction of sp³-hybridized carbons (Fsp3) is 0.394. The normalized spacial score (nSPS) is 14.2. The third-order valence-electron chi connectivity index (χ3n) is 8.20. The molecule has 1 aromatic heterocycles. The van der Waals surface area contributed by atoms with E-state index >= 15 is 4.39 Å². The first kappa shape index (κ1) is 26.1. The lowest BCUT2D eigenvalue weighted by atomic mass is 9.85. The summed E-state index contributed by atoms with van der Waals surface area (Å²) in [5.41, 5.74) is 8.16. The van der Waals surface area contributed by atoms with E-state index in [0.717, 1.165) is 33.9 Å². The molecule has 196 valence electrons. The Bertz CT molecular complexity index is 1550. The van der Waals surface area contributed by atoms with Gasteiger partial charge in [-0.25, -0.2) is 13.8 Å². The molecule has 1 aliphatic carbocycles. The molecule has 3 aromatic carbocycles. The van der Waals surface area contributed by atoms with E-state index < -0.39 is 17.2 Å². The highest BCUT2D eigenvalue weighted by atomic mass is 19.1. The van der Waals surface area contributed by atoms with Crippen molar-refractivity contribution < 1.29 is 8.78 Å². The molecule has 1 heterocycles. The highest BCUT2D eigenvalue weighted by molar-refractivity contribution is 5.86. The van der Waals surface area contributed by atoms with E-state index in [2.05, 4.69) is 57.4 Å². The number of benzene rings is 3. The van der Waals surface area contributed by atoms with Crippen LogP contribution < -0.4 is 0 Å². The standard InChI is InChI=1S/C33H35F2N3/c1-18(2)25-15-23(22-9-7-8-10-22)16-26(19(3)4)32(25)38-30-14-21(6)20(5)13-29(30)37-33(38)24-11-12-28(34)27(17-36)31(24)35/h11-16,18-19,22H,7-10H2,1-6H3. The molecule has 0 amide bonds. The fourth-order valence-corrected chi connectivity index (χ4v) is 5.90. The summed E-state index contributed by atoms with van der Waals surface area (Å²) in [5.74, 6) is -0.360. The minimum atomic E-state index is -0.878. The predicted octanol–water partition coefficient (Wildman–Crippen LogP) is 9.36. The maximum atomic E-state index is 15.7. The van der Waals surface area contributed by atoms with Gasteiger partial charge in [0.05, 0.1) is 22.3 Å². The van der Waals surface area contributed by atoms with Crippen molar-refractivity contribution in [3.05, 3.63) is 81.4 Å². The molecule has 1 fully saturated rings. The first-order valence-corrected chi connectivity index (χ1v) is 13.7. The molecule has 3 nitrogen and oxygen atoms in total. The number of fused-ring (bicyclic) bond motifs is 1. The zero-order valence-corrected chi connectivity index (χ0v) is 23.1. The van der Waals surface area contributed by atoms with Crippen LogP contribution in [-0.2, 0) is 0 Å². The van der Waals surface area contributed by atoms with Gasteiger partial charge in [-0.3, -0.25) is 4.57 Å². The number of aromatic nitrogens is 2. The molecule has 0 bridgehead atoms. The number of imidazole rings is 1. The summed E-state index contributed by atoms with van der Waals surface area (Å²) in [4.78, 5) is 4.92. The molecule has 1 saturated carbocycles. The van der Waals surface area contributed by atoms with Gasteiger partial charge < -0.3 is 0 Å². The van der Waals surface area contributed by atoms with Crippen LogP contribution in [0.5, 0.6) is 0 Å². The quantitative estimate of drug-likeness (QED) is 0.268. The highest BCUT2D eigenvalue weighted by Crippen LogP contribution is 2.43. The Morgan fingerprint density at radius 1 is 0.921 bits per heavy atom. The Kier molecular flexibility index (Phi) is 6.86. The van der Waals surface area contributed by atoms with E-state index in [1.165, 1.54) is 48.4 Å². The summed E-state index contributed by atoms with van der Waals surface area (Å²) in [6.45, 7) is 12.9. The van der Waals surface area contributed by atoms with Crippen LogP contribution in [-0.4, -0.2) is 9.55 Å². The highest BCUT2D eigenvalue weighted by Gasteiger charge is 2.28. The second-order valence-electron chi connectivity index (χ2n) is 11.4. The van der Waals surface area contributed by atoms with Crippen molar-refractivity contribution in [2.24, 2.45) is 0 Å². The monoisotopic (exact) mass is 511 g/mol. The van der Waals surface area contributed by atoms with Crippen molar-refractivity contribution in [2.75, 3.05) is 0 Å². The van der Waals surface area contributed by atoms with Crippen LogP contribution in [0, 0.1) is 36.8 Å². The molecule has 38 heavy (non-hydrogen) atoms. The second kappa shape index (κ2) is 9.98. The summed E-state index contributed by atoms with van der Waals surface area (Å²) in [6, 6.07) is 13.1. The average Bonchev–Trinajstić information content (AvgIpc) is 3.52. The third kappa shape index (κ3) is 4.30. The van der Waals surface area contributed by atoms with E-state index in [1.807, 2.05) is 13.0 Å². The summed E-state index contributed by atoms with van der Waals surface area (Å²) < 4.78 is 32.1. The number of hydrogen-bond donors (Lipinski definition) is 0. The number of nitriles is 1. The van der Waals surface area contributed by atoms with Crippen LogP contribution >= 0.6 is 0 Å². The lowest BCUT2D eigenvalue weighted by Crippen LogP contribution is -2.11. The Labute approximate surface area is 224 Å². The molecular weight excluding hydrogens is 476 g/mol. The molecule has 0 unspecified atom stereocenters. The van der Waals surface area contributed by atoms with Gasteiger partial charge in [-0.05, 0) is 96.5 Å². The van der Waals surface area contributed by atoms with Gasteiger partial charge in [0.15, 0.2) is 5.82 Å². The zero-order valence-electron chi connectivity index (χ0n) is 23.1. The first-order chi connectivity index (χ1) is 18.1. The van der Waals surface area contributed by atoms with Crippen LogP contribution in [0.25, 0.3) is 28.1 Å². The first-order valence-electron chi connectivity index (χ1n) is 13.7. The molecule has 0 saturated heterocycles. The van der Waals surface area contributed by atoms with Gasteiger partial charge in [0.2, 0.25) is 0 Å². The van der Waals surface area contributed by atoms with Crippen molar-refractivity contribution >= 4 is 11.0 Å². The SMILES string of the molecule is Cc1cc2nc(-c3ccc(F)c(C#N)c3F)n(-c3c(C(C)C)cc(C4CCCC4)cc3C(C)C)c2cc1C.